The Hall–Kier alpha value is -3.54. The molecule has 0 spiro atoms. The summed E-state index contributed by atoms with van der Waals surface area (Å²) in [5.41, 5.74) is 2.94. The number of anilines is 1. The highest BCUT2D eigenvalue weighted by atomic mass is 32.1. The molecule has 10 nitrogen and oxygen atoms in total. The van der Waals surface area contributed by atoms with Gasteiger partial charge in [-0.1, -0.05) is 30.3 Å². The molecule has 5 heterocycles. The van der Waals surface area contributed by atoms with Crippen molar-refractivity contribution in [1.82, 2.24) is 24.7 Å². The summed E-state index contributed by atoms with van der Waals surface area (Å²) < 4.78 is 5.82. The molecule has 11 heteroatoms. The van der Waals surface area contributed by atoms with Gasteiger partial charge in [-0.2, -0.15) is 9.97 Å². The molecule has 3 aliphatic rings. The first kappa shape index (κ1) is 29.5. The van der Waals surface area contributed by atoms with Crippen LogP contribution in [-0.4, -0.2) is 98.6 Å². The van der Waals surface area contributed by atoms with Crippen LogP contribution in [0.1, 0.15) is 64.4 Å². The Labute approximate surface area is 256 Å². The van der Waals surface area contributed by atoms with Crippen molar-refractivity contribution in [3.8, 4) is 6.01 Å². The molecule has 0 saturated carbocycles. The van der Waals surface area contributed by atoms with Gasteiger partial charge in [0.2, 0.25) is 0 Å². The van der Waals surface area contributed by atoms with Crippen molar-refractivity contribution < 1.29 is 19.4 Å². The van der Waals surface area contributed by atoms with E-state index in [-0.39, 0.29) is 48.3 Å². The Kier molecular flexibility index (Phi) is 8.92. The van der Waals surface area contributed by atoms with Gasteiger partial charge >= 0.3 is 6.01 Å². The summed E-state index contributed by atoms with van der Waals surface area (Å²) in [7, 11) is 0. The van der Waals surface area contributed by atoms with E-state index in [1.54, 1.807) is 11.0 Å². The van der Waals surface area contributed by atoms with Crippen molar-refractivity contribution in [2.75, 3.05) is 38.0 Å². The van der Waals surface area contributed by atoms with Gasteiger partial charge in [-0.25, -0.2) is 0 Å². The van der Waals surface area contributed by atoms with Gasteiger partial charge in [0, 0.05) is 57.4 Å². The Morgan fingerprint density at radius 2 is 1.74 bits per heavy atom. The minimum Gasteiger partial charge on any atom is -0.461 e. The smallest absolute Gasteiger partial charge is 0.319 e. The molecule has 3 aromatic rings. The van der Waals surface area contributed by atoms with Crippen molar-refractivity contribution in [3.05, 3.63) is 69.5 Å². The van der Waals surface area contributed by atoms with E-state index < -0.39 is 6.10 Å². The van der Waals surface area contributed by atoms with Crippen LogP contribution in [-0.2, 0) is 13.0 Å². The van der Waals surface area contributed by atoms with Crippen LogP contribution in [0.4, 0.5) is 5.82 Å². The van der Waals surface area contributed by atoms with Gasteiger partial charge in [0.25, 0.3) is 11.8 Å². The number of fused-ring (bicyclic) bond motifs is 1. The van der Waals surface area contributed by atoms with Crippen molar-refractivity contribution >= 4 is 29.0 Å². The molecule has 2 fully saturated rings. The zero-order valence-electron chi connectivity index (χ0n) is 24.8. The van der Waals surface area contributed by atoms with Crippen LogP contribution in [0.3, 0.4) is 0 Å². The third kappa shape index (κ3) is 6.84. The standard InChI is InChI=1S/C32H40N6O4S/c1-21(2)42-32-34-25(18-29(35-32)33-24-10-14-36(15-11-24)31(41)28-8-5-17-43-28)30(40)38-16-12-26(27(39)20-38)37-13-9-22-6-3-4-7-23(22)19-37/h3-8,17-18,21,24,26-27,39H,9-16,19-20H2,1-2H3,(H,33,34,35)/t26-,27-/m1/s1. The lowest BCUT2D eigenvalue weighted by molar-refractivity contribution is -0.0139. The van der Waals surface area contributed by atoms with Crippen LogP contribution in [0.25, 0.3) is 0 Å². The Balaban J connectivity index is 1.10. The molecular weight excluding hydrogens is 564 g/mol. The second-order valence-corrected chi connectivity index (χ2v) is 12.9. The van der Waals surface area contributed by atoms with Crippen molar-refractivity contribution in [2.45, 2.75) is 70.4 Å². The van der Waals surface area contributed by atoms with E-state index in [4.69, 9.17) is 4.74 Å². The molecule has 2 saturated heterocycles. The zero-order chi connectivity index (χ0) is 29.9. The number of carbonyl (C=O) groups is 2. The summed E-state index contributed by atoms with van der Waals surface area (Å²) in [6.45, 7) is 7.62. The highest BCUT2D eigenvalue weighted by Crippen LogP contribution is 2.27. The van der Waals surface area contributed by atoms with E-state index in [9.17, 15) is 14.7 Å². The van der Waals surface area contributed by atoms with Crippen LogP contribution in [0.2, 0.25) is 0 Å². The number of hydrogen-bond acceptors (Lipinski definition) is 9. The van der Waals surface area contributed by atoms with Gasteiger partial charge in [-0.3, -0.25) is 14.5 Å². The van der Waals surface area contributed by atoms with E-state index in [1.807, 2.05) is 36.3 Å². The fourth-order valence-electron chi connectivity index (χ4n) is 6.36. The lowest BCUT2D eigenvalue weighted by Crippen LogP contribution is -2.56. The molecule has 0 unspecified atom stereocenters. The monoisotopic (exact) mass is 604 g/mol. The topological polar surface area (TPSA) is 111 Å². The van der Waals surface area contributed by atoms with Crippen LogP contribution >= 0.6 is 11.3 Å². The van der Waals surface area contributed by atoms with Gasteiger partial charge in [-0.05, 0) is 62.1 Å². The average Bonchev–Trinajstić information content (AvgIpc) is 3.55. The fourth-order valence-corrected chi connectivity index (χ4v) is 7.05. The van der Waals surface area contributed by atoms with Crippen molar-refractivity contribution in [1.29, 1.82) is 0 Å². The zero-order valence-corrected chi connectivity index (χ0v) is 25.6. The van der Waals surface area contributed by atoms with Gasteiger partial charge in [0.15, 0.2) is 0 Å². The molecule has 3 aliphatic heterocycles. The lowest BCUT2D eigenvalue weighted by atomic mass is 9.94. The number of ether oxygens (including phenoxy) is 1. The van der Waals surface area contributed by atoms with Gasteiger partial charge in [0.1, 0.15) is 11.5 Å². The molecule has 2 aromatic heterocycles. The highest BCUT2D eigenvalue weighted by molar-refractivity contribution is 7.12. The average molecular weight is 605 g/mol. The number of rotatable bonds is 7. The first-order chi connectivity index (χ1) is 20.8. The summed E-state index contributed by atoms with van der Waals surface area (Å²) >= 11 is 1.46. The minimum absolute atomic E-state index is 0.0115. The highest BCUT2D eigenvalue weighted by Gasteiger charge is 2.36. The third-order valence-electron chi connectivity index (χ3n) is 8.59. The molecule has 0 aliphatic carbocycles. The van der Waals surface area contributed by atoms with E-state index in [2.05, 4.69) is 44.5 Å². The van der Waals surface area contributed by atoms with Crippen LogP contribution in [0.15, 0.2) is 47.8 Å². The number of nitrogens with one attached hydrogen (secondary N) is 1. The molecule has 43 heavy (non-hydrogen) atoms. The molecule has 2 amide bonds. The molecular formula is C32H40N6O4S. The summed E-state index contributed by atoms with van der Waals surface area (Å²) in [5, 5.41) is 16.5. The summed E-state index contributed by atoms with van der Waals surface area (Å²) in [4.78, 5) is 42.1. The maximum absolute atomic E-state index is 13.7. The minimum atomic E-state index is -0.643. The largest absolute Gasteiger partial charge is 0.461 e. The molecule has 2 atom stereocenters. The maximum Gasteiger partial charge on any atom is 0.319 e. The first-order valence-electron chi connectivity index (χ1n) is 15.3. The maximum atomic E-state index is 13.7. The first-order valence-corrected chi connectivity index (χ1v) is 16.1. The van der Waals surface area contributed by atoms with Crippen LogP contribution in [0, 0.1) is 0 Å². The van der Waals surface area contributed by atoms with Crippen LogP contribution < -0.4 is 10.1 Å². The molecule has 0 bridgehead atoms. The third-order valence-corrected chi connectivity index (χ3v) is 9.45. The van der Waals surface area contributed by atoms with Crippen molar-refractivity contribution in [3.63, 3.8) is 0 Å². The van der Waals surface area contributed by atoms with Gasteiger partial charge < -0.3 is 25.0 Å². The number of likely N-dealkylation sites (tertiary alicyclic amines) is 2. The Morgan fingerprint density at radius 3 is 2.47 bits per heavy atom. The van der Waals surface area contributed by atoms with Gasteiger partial charge in [-0.15, -0.1) is 11.3 Å². The number of piperidine rings is 2. The SMILES string of the molecule is CC(C)Oc1nc(NC2CCN(C(=O)c3cccs3)CC2)cc(C(=O)N2CC[C@@H](N3CCc4ccccc4C3)[C@H](O)C2)n1. The number of aromatic nitrogens is 2. The van der Waals surface area contributed by atoms with E-state index in [0.717, 1.165) is 37.2 Å². The van der Waals surface area contributed by atoms with E-state index >= 15 is 0 Å². The Bertz CT molecular complexity index is 1420. The number of β-amino-alcohol motifs (C(OH)–C–C–N with tert-alkyl or cyclic N) is 1. The normalized spacial score (nSPS) is 21.5. The molecule has 0 radical (unpaired) electrons. The molecule has 2 N–H and O–H groups in total. The number of hydrogen-bond donors (Lipinski definition) is 2. The number of nitrogens with zero attached hydrogens (tertiary/aromatic N) is 5. The number of thiophene rings is 1. The lowest BCUT2D eigenvalue weighted by Gasteiger charge is -2.43. The number of carbonyl (C=O) groups excluding carboxylic acids is 2. The number of aliphatic hydroxyl groups excluding tert-OH is 1. The molecule has 1 aromatic carbocycles. The fraction of sp³-hybridized carbons (Fsp3) is 0.500. The molecule has 228 valence electrons. The van der Waals surface area contributed by atoms with Crippen molar-refractivity contribution in [2.24, 2.45) is 0 Å². The molecule has 6 rings (SSSR count). The summed E-state index contributed by atoms with van der Waals surface area (Å²) in [6, 6.07) is 14.2. The summed E-state index contributed by atoms with van der Waals surface area (Å²) in [6.07, 6.45) is 2.41. The number of aliphatic hydroxyl groups is 1. The predicted molar refractivity (Wildman–Crippen MR) is 166 cm³/mol. The number of amides is 2. The Morgan fingerprint density at radius 1 is 0.977 bits per heavy atom. The summed E-state index contributed by atoms with van der Waals surface area (Å²) in [5.74, 6) is 0.364. The quantitative estimate of drug-likeness (QED) is 0.420. The second kappa shape index (κ2) is 13.0. The van der Waals surface area contributed by atoms with E-state index in [1.165, 1.54) is 22.5 Å². The van der Waals surface area contributed by atoms with Gasteiger partial charge in [0.05, 0.1) is 17.1 Å². The number of benzene rings is 1. The van der Waals surface area contributed by atoms with Crippen LogP contribution in [0.5, 0.6) is 6.01 Å². The van der Waals surface area contributed by atoms with E-state index in [0.29, 0.717) is 31.9 Å². The predicted octanol–water partition coefficient (Wildman–Crippen LogP) is 3.68. The second-order valence-electron chi connectivity index (χ2n) is 11.9.